The minimum absolute atomic E-state index is 0.0153. The second kappa shape index (κ2) is 11.6. The maximum absolute atomic E-state index is 13.2. The summed E-state index contributed by atoms with van der Waals surface area (Å²) in [5.41, 5.74) is 5.46. The Balaban J connectivity index is 1.83. The first kappa shape index (κ1) is 25.9. The number of anilines is 2. The van der Waals surface area contributed by atoms with Gasteiger partial charge in [-0.1, -0.05) is 13.8 Å². The third kappa shape index (κ3) is 6.44. The molecule has 3 aromatic rings. The molecule has 0 aliphatic carbocycles. The molecule has 35 heavy (non-hydrogen) atoms. The topological polar surface area (TPSA) is 136 Å². The number of nitrogens with one attached hydrogen (secondary N) is 1. The van der Waals surface area contributed by atoms with E-state index >= 15 is 0 Å². The van der Waals surface area contributed by atoms with Crippen LogP contribution in [0.2, 0.25) is 0 Å². The van der Waals surface area contributed by atoms with Crippen molar-refractivity contribution in [2.24, 2.45) is 5.92 Å². The molecule has 2 aromatic heterocycles. The van der Waals surface area contributed by atoms with E-state index in [1.165, 1.54) is 34.9 Å². The Hall–Kier alpha value is -3.73. The summed E-state index contributed by atoms with van der Waals surface area (Å²) in [6, 6.07) is 5.78. The van der Waals surface area contributed by atoms with Crippen molar-refractivity contribution in [3.8, 4) is 11.3 Å². The maximum atomic E-state index is 13.2. The number of rotatable bonds is 11. The van der Waals surface area contributed by atoms with E-state index in [1.54, 1.807) is 12.1 Å². The van der Waals surface area contributed by atoms with Crippen LogP contribution in [0.3, 0.4) is 0 Å². The highest BCUT2D eigenvalue weighted by molar-refractivity contribution is 5.95. The first-order chi connectivity index (χ1) is 16.7. The lowest BCUT2D eigenvalue weighted by Crippen LogP contribution is -2.42. The van der Waals surface area contributed by atoms with Crippen molar-refractivity contribution in [3.63, 3.8) is 0 Å². The molecular formula is C24H30FN5O5. The van der Waals surface area contributed by atoms with Gasteiger partial charge in [-0.3, -0.25) is 19.1 Å². The van der Waals surface area contributed by atoms with Crippen molar-refractivity contribution >= 4 is 17.4 Å². The third-order valence-corrected chi connectivity index (χ3v) is 5.30. The predicted molar refractivity (Wildman–Crippen MR) is 130 cm³/mol. The molecule has 1 amide bonds. The van der Waals surface area contributed by atoms with E-state index in [4.69, 9.17) is 14.9 Å². The first-order valence-corrected chi connectivity index (χ1v) is 11.3. The summed E-state index contributed by atoms with van der Waals surface area (Å²) >= 11 is 0. The summed E-state index contributed by atoms with van der Waals surface area (Å²) < 4.78 is 25.2. The molecule has 0 aliphatic rings. The van der Waals surface area contributed by atoms with Gasteiger partial charge in [-0.05, 0) is 36.6 Å². The molecule has 0 aliphatic heterocycles. The molecule has 2 heterocycles. The average Bonchev–Trinajstić information content (AvgIpc) is 3.28. The largest absolute Gasteiger partial charge is 0.441 e. The van der Waals surface area contributed by atoms with E-state index in [-0.39, 0.29) is 55.1 Å². The zero-order valence-electron chi connectivity index (χ0n) is 20.0. The van der Waals surface area contributed by atoms with Gasteiger partial charge in [0, 0.05) is 45.2 Å². The number of carbonyl (C=O) groups is 1. The molecular weight excluding hydrogens is 457 g/mol. The number of nitrogens with zero attached hydrogens (tertiary/aromatic N) is 3. The Labute approximate surface area is 201 Å². The Kier molecular flexibility index (Phi) is 8.58. The number of halogens is 1. The number of nitrogens with two attached hydrogens (primary N) is 1. The average molecular weight is 488 g/mol. The Bertz CT molecular complexity index is 1260. The van der Waals surface area contributed by atoms with Crippen LogP contribution in [0.25, 0.3) is 11.3 Å². The van der Waals surface area contributed by atoms with Crippen molar-refractivity contribution in [2.75, 3.05) is 30.9 Å². The highest BCUT2D eigenvalue weighted by Crippen LogP contribution is 2.23. The normalized spacial score (nSPS) is 11.2. The van der Waals surface area contributed by atoms with Gasteiger partial charge < -0.3 is 19.8 Å². The van der Waals surface area contributed by atoms with Crippen molar-refractivity contribution < 1.29 is 18.3 Å². The highest BCUT2D eigenvalue weighted by Gasteiger charge is 2.24. The number of benzene rings is 1. The summed E-state index contributed by atoms with van der Waals surface area (Å²) in [6.07, 6.45) is 2.12. The van der Waals surface area contributed by atoms with Crippen LogP contribution in [0.15, 0.2) is 44.5 Å². The maximum Gasteiger partial charge on any atom is 0.330 e. The second-order valence-corrected chi connectivity index (χ2v) is 8.51. The van der Waals surface area contributed by atoms with Gasteiger partial charge in [0.05, 0.1) is 6.20 Å². The molecule has 0 spiro atoms. The summed E-state index contributed by atoms with van der Waals surface area (Å²) in [6.45, 7) is 4.65. The summed E-state index contributed by atoms with van der Waals surface area (Å²) in [5.74, 6) is 0.0582. The fourth-order valence-electron chi connectivity index (χ4n) is 3.64. The van der Waals surface area contributed by atoms with E-state index in [0.29, 0.717) is 30.2 Å². The number of hydrogen-bond donors (Lipinski definition) is 2. The number of aromatic amines is 1. The molecule has 0 radical (unpaired) electrons. The van der Waals surface area contributed by atoms with E-state index < -0.39 is 11.2 Å². The fourth-order valence-corrected chi connectivity index (χ4v) is 3.64. The van der Waals surface area contributed by atoms with Crippen LogP contribution in [0.4, 0.5) is 15.9 Å². The zero-order chi connectivity index (χ0) is 25.5. The molecule has 1 aromatic carbocycles. The van der Waals surface area contributed by atoms with Crippen LogP contribution in [-0.2, 0) is 22.5 Å². The molecule has 0 saturated carbocycles. The molecule has 11 heteroatoms. The number of hydrogen-bond acceptors (Lipinski definition) is 7. The number of H-pyrrole nitrogens is 1. The predicted octanol–water partition coefficient (Wildman–Crippen LogP) is 2.57. The van der Waals surface area contributed by atoms with Gasteiger partial charge in [-0.15, -0.1) is 0 Å². The number of amides is 1. The molecule has 0 saturated heterocycles. The molecule has 0 unspecified atom stereocenters. The van der Waals surface area contributed by atoms with Crippen LogP contribution in [-0.4, -0.2) is 40.7 Å². The van der Waals surface area contributed by atoms with E-state index in [0.717, 1.165) is 0 Å². The molecule has 0 bridgehead atoms. The molecule has 188 valence electrons. The number of methoxy groups -OCH3 is 1. The molecule has 0 fully saturated rings. The SMILES string of the molecule is COCCCN(C(=O)CCc1ncc(-c2ccc(F)cc2)o1)c1c(N)n(CC(C)C)c(=O)[nH]c1=O. The highest BCUT2D eigenvalue weighted by atomic mass is 19.1. The van der Waals surface area contributed by atoms with Crippen LogP contribution in [0.5, 0.6) is 0 Å². The lowest BCUT2D eigenvalue weighted by molar-refractivity contribution is -0.118. The van der Waals surface area contributed by atoms with Gasteiger partial charge in [0.25, 0.3) is 5.56 Å². The Morgan fingerprint density at radius 1 is 1.29 bits per heavy atom. The van der Waals surface area contributed by atoms with Gasteiger partial charge in [0.2, 0.25) is 5.91 Å². The number of ether oxygens (including phenoxy) is 1. The summed E-state index contributed by atoms with van der Waals surface area (Å²) in [7, 11) is 1.54. The quantitative estimate of drug-likeness (QED) is 0.397. The molecule has 3 N–H and O–H groups in total. The van der Waals surface area contributed by atoms with Crippen molar-refractivity contribution in [2.45, 2.75) is 39.7 Å². The van der Waals surface area contributed by atoms with Crippen LogP contribution >= 0.6 is 0 Å². The Morgan fingerprint density at radius 2 is 2.00 bits per heavy atom. The van der Waals surface area contributed by atoms with E-state index in [1.807, 2.05) is 13.8 Å². The summed E-state index contributed by atoms with van der Waals surface area (Å²) in [5, 5.41) is 0. The standard InChI is InChI=1S/C24H30FN5O5/c1-15(2)14-30-22(26)21(23(32)28-24(30)33)29(11-4-12-34-3)20(31)10-9-19-27-13-18(35-19)16-5-7-17(25)8-6-16/h5-8,13,15H,4,9-12,14,26H2,1-3H3,(H,28,32,33). The number of aryl methyl sites for hydroxylation is 1. The molecule has 3 rings (SSSR count). The second-order valence-electron chi connectivity index (χ2n) is 8.51. The van der Waals surface area contributed by atoms with Crippen LogP contribution in [0, 0.1) is 11.7 Å². The number of aromatic nitrogens is 3. The van der Waals surface area contributed by atoms with Crippen LogP contribution < -0.4 is 21.9 Å². The van der Waals surface area contributed by atoms with E-state index in [2.05, 4.69) is 9.97 Å². The minimum Gasteiger partial charge on any atom is -0.441 e. The minimum atomic E-state index is -0.729. The number of oxazole rings is 1. The smallest absolute Gasteiger partial charge is 0.330 e. The van der Waals surface area contributed by atoms with Gasteiger partial charge >= 0.3 is 5.69 Å². The zero-order valence-corrected chi connectivity index (χ0v) is 20.0. The van der Waals surface area contributed by atoms with Crippen molar-refractivity contribution in [1.82, 2.24) is 14.5 Å². The van der Waals surface area contributed by atoms with Gasteiger partial charge in [0.15, 0.2) is 17.3 Å². The molecule has 10 nitrogen and oxygen atoms in total. The third-order valence-electron chi connectivity index (χ3n) is 5.30. The van der Waals surface area contributed by atoms with E-state index in [9.17, 15) is 18.8 Å². The van der Waals surface area contributed by atoms with Gasteiger partial charge in [-0.2, -0.15) is 0 Å². The van der Waals surface area contributed by atoms with Gasteiger partial charge in [-0.25, -0.2) is 14.2 Å². The lowest BCUT2D eigenvalue weighted by atomic mass is 10.2. The lowest BCUT2D eigenvalue weighted by Gasteiger charge is -2.25. The monoisotopic (exact) mass is 487 g/mol. The molecule has 0 atom stereocenters. The van der Waals surface area contributed by atoms with Gasteiger partial charge in [0.1, 0.15) is 11.6 Å². The first-order valence-electron chi connectivity index (χ1n) is 11.3. The number of nitrogen functional groups attached to an aromatic ring is 1. The number of carbonyl (C=O) groups excluding carboxylic acids is 1. The summed E-state index contributed by atoms with van der Waals surface area (Å²) in [4.78, 5) is 46.0. The van der Waals surface area contributed by atoms with Crippen molar-refractivity contribution in [3.05, 3.63) is 63.0 Å². The van der Waals surface area contributed by atoms with Crippen LogP contribution in [0.1, 0.15) is 32.6 Å². The van der Waals surface area contributed by atoms with Crippen molar-refractivity contribution in [1.29, 1.82) is 0 Å². The fraction of sp³-hybridized carbons (Fsp3) is 0.417. The Morgan fingerprint density at radius 3 is 2.66 bits per heavy atom.